The zero-order valence-corrected chi connectivity index (χ0v) is 16.1. The number of H-pyrrole nitrogens is 1. The van der Waals surface area contributed by atoms with Crippen molar-refractivity contribution in [2.75, 3.05) is 7.11 Å². The summed E-state index contributed by atoms with van der Waals surface area (Å²) in [6, 6.07) is 18.4. The van der Waals surface area contributed by atoms with E-state index in [2.05, 4.69) is 10.2 Å². The highest BCUT2D eigenvalue weighted by atomic mass is 19.1. The monoisotopic (exact) mass is 406 g/mol. The number of aromatic hydroxyl groups is 1. The van der Waals surface area contributed by atoms with Gasteiger partial charge in [0.1, 0.15) is 41.1 Å². The summed E-state index contributed by atoms with van der Waals surface area (Å²) in [4.78, 5) is 0. The zero-order chi connectivity index (χ0) is 20.9. The predicted molar refractivity (Wildman–Crippen MR) is 109 cm³/mol. The summed E-state index contributed by atoms with van der Waals surface area (Å²) in [6.45, 7) is 0.0553. The highest BCUT2D eigenvalue weighted by molar-refractivity contribution is 5.73. The first-order valence-corrected chi connectivity index (χ1v) is 9.19. The van der Waals surface area contributed by atoms with Crippen LogP contribution in [0.15, 0.2) is 72.9 Å². The molecule has 0 atom stereocenters. The average Bonchev–Trinajstić information content (AvgIpc) is 3.21. The van der Waals surface area contributed by atoms with Crippen LogP contribution in [0.5, 0.6) is 28.7 Å². The molecule has 4 rings (SSSR count). The van der Waals surface area contributed by atoms with Crippen LogP contribution in [0.2, 0.25) is 0 Å². The third-order valence-corrected chi connectivity index (χ3v) is 4.46. The fourth-order valence-electron chi connectivity index (χ4n) is 2.93. The standard InChI is InChI=1S/C23H19FN2O4/c1-28-16-6-4-7-18(11-16)30-22-13-25-26-23(22)19-10-9-17(12-21(19)27)29-14-15-5-2-3-8-20(15)24/h2-13,27H,14H2,1H3,(H,25,26). The lowest BCUT2D eigenvalue weighted by Gasteiger charge is -2.11. The molecule has 152 valence electrons. The first kappa shape index (κ1) is 19.3. The van der Waals surface area contributed by atoms with Gasteiger partial charge >= 0.3 is 0 Å². The van der Waals surface area contributed by atoms with Crippen molar-refractivity contribution in [1.82, 2.24) is 10.2 Å². The quantitative estimate of drug-likeness (QED) is 0.435. The number of phenolic OH excluding ortho intramolecular Hbond substituents is 1. The Morgan fingerprint density at radius 2 is 1.80 bits per heavy atom. The van der Waals surface area contributed by atoms with E-state index in [1.165, 1.54) is 18.3 Å². The minimum atomic E-state index is -0.338. The summed E-state index contributed by atoms with van der Waals surface area (Å²) in [6.07, 6.45) is 1.52. The molecular formula is C23H19FN2O4. The number of benzene rings is 3. The molecule has 1 aromatic heterocycles. The van der Waals surface area contributed by atoms with E-state index in [0.717, 1.165) is 0 Å². The molecule has 7 heteroatoms. The molecule has 0 amide bonds. The van der Waals surface area contributed by atoms with Gasteiger partial charge in [-0.15, -0.1) is 0 Å². The van der Waals surface area contributed by atoms with E-state index >= 15 is 0 Å². The Hall–Kier alpha value is -4.00. The van der Waals surface area contributed by atoms with Crippen LogP contribution in [-0.2, 0) is 6.61 Å². The Kier molecular flexibility index (Phi) is 5.52. The first-order chi connectivity index (χ1) is 14.6. The highest BCUT2D eigenvalue weighted by Crippen LogP contribution is 2.38. The molecule has 6 nitrogen and oxygen atoms in total. The lowest BCUT2D eigenvalue weighted by molar-refractivity contribution is 0.298. The predicted octanol–water partition coefficient (Wildman–Crippen LogP) is 5.30. The summed E-state index contributed by atoms with van der Waals surface area (Å²) in [7, 11) is 1.58. The largest absolute Gasteiger partial charge is 0.507 e. The topological polar surface area (TPSA) is 76.6 Å². The Balaban J connectivity index is 1.52. The van der Waals surface area contributed by atoms with E-state index < -0.39 is 0 Å². The number of aromatic nitrogens is 2. The lowest BCUT2D eigenvalue weighted by Crippen LogP contribution is -1.98. The number of hydrogen-bond acceptors (Lipinski definition) is 5. The lowest BCUT2D eigenvalue weighted by atomic mass is 10.1. The van der Waals surface area contributed by atoms with Crippen molar-refractivity contribution in [2.45, 2.75) is 6.61 Å². The molecule has 0 fully saturated rings. The van der Waals surface area contributed by atoms with Crippen molar-refractivity contribution in [3.63, 3.8) is 0 Å². The Morgan fingerprint density at radius 1 is 0.967 bits per heavy atom. The molecule has 0 saturated carbocycles. The summed E-state index contributed by atoms with van der Waals surface area (Å²) < 4.78 is 30.4. The van der Waals surface area contributed by atoms with Gasteiger partial charge in [0, 0.05) is 23.3 Å². The normalized spacial score (nSPS) is 10.6. The molecule has 0 radical (unpaired) electrons. The van der Waals surface area contributed by atoms with E-state index in [1.807, 2.05) is 12.1 Å². The van der Waals surface area contributed by atoms with Crippen LogP contribution in [0.4, 0.5) is 4.39 Å². The second-order valence-corrected chi connectivity index (χ2v) is 6.45. The van der Waals surface area contributed by atoms with Crippen LogP contribution in [0, 0.1) is 5.82 Å². The molecule has 0 aliphatic heterocycles. The van der Waals surface area contributed by atoms with Gasteiger partial charge in [0.15, 0.2) is 5.75 Å². The van der Waals surface area contributed by atoms with Crippen LogP contribution in [0.1, 0.15) is 5.56 Å². The average molecular weight is 406 g/mol. The second kappa shape index (κ2) is 8.57. The summed E-state index contributed by atoms with van der Waals surface area (Å²) in [5.41, 5.74) is 1.43. The van der Waals surface area contributed by atoms with Crippen LogP contribution >= 0.6 is 0 Å². The van der Waals surface area contributed by atoms with E-state index in [9.17, 15) is 9.50 Å². The van der Waals surface area contributed by atoms with Crippen molar-refractivity contribution in [3.8, 4) is 40.0 Å². The summed E-state index contributed by atoms with van der Waals surface area (Å²) >= 11 is 0. The van der Waals surface area contributed by atoms with Crippen molar-refractivity contribution < 1.29 is 23.7 Å². The van der Waals surface area contributed by atoms with Crippen molar-refractivity contribution in [2.24, 2.45) is 0 Å². The smallest absolute Gasteiger partial charge is 0.173 e. The van der Waals surface area contributed by atoms with E-state index in [0.29, 0.717) is 39.8 Å². The molecule has 0 aliphatic carbocycles. The van der Waals surface area contributed by atoms with Gasteiger partial charge in [-0.25, -0.2) is 4.39 Å². The maximum Gasteiger partial charge on any atom is 0.173 e. The van der Waals surface area contributed by atoms with Crippen molar-refractivity contribution in [3.05, 3.63) is 84.3 Å². The number of ether oxygens (including phenoxy) is 3. The van der Waals surface area contributed by atoms with Crippen molar-refractivity contribution in [1.29, 1.82) is 0 Å². The Labute approximate surface area is 172 Å². The zero-order valence-electron chi connectivity index (χ0n) is 16.1. The number of hydrogen-bond donors (Lipinski definition) is 2. The molecule has 4 aromatic rings. The minimum absolute atomic E-state index is 0.0271. The van der Waals surface area contributed by atoms with Gasteiger partial charge in [-0.1, -0.05) is 24.3 Å². The fourth-order valence-corrected chi connectivity index (χ4v) is 2.93. The van der Waals surface area contributed by atoms with E-state index in [4.69, 9.17) is 14.2 Å². The third kappa shape index (κ3) is 4.20. The molecule has 0 bridgehead atoms. The minimum Gasteiger partial charge on any atom is -0.507 e. The Morgan fingerprint density at radius 3 is 2.60 bits per heavy atom. The van der Waals surface area contributed by atoms with Gasteiger partial charge in [-0.3, -0.25) is 5.10 Å². The second-order valence-electron chi connectivity index (χ2n) is 6.45. The van der Waals surface area contributed by atoms with Gasteiger partial charge in [0.05, 0.1) is 13.3 Å². The number of aromatic amines is 1. The fraction of sp³-hybridized carbons (Fsp3) is 0.0870. The van der Waals surface area contributed by atoms with Crippen LogP contribution in [-0.4, -0.2) is 22.4 Å². The molecule has 1 heterocycles. The molecule has 30 heavy (non-hydrogen) atoms. The van der Waals surface area contributed by atoms with Gasteiger partial charge in [-0.05, 0) is 30.3 Å². The molecule has 0 saturated heterocycles. The van der Waals surface area contributed by atoms with Gasteiger partial charge in [0.2, 0.25) is 0 Å². The van der Waals surface area contributed by atoms with Gasteiger partial charge in [-0.2, -0.15) is 5.10 Å². The molecule has 0 unspecified atom stereocenters. The van der Waals surface area contributed by atoms with Crippen LogP contribution in [0.3, 0.4) is 0 Å². The maximum absolute atomic E-state index is 13.7. The van der Waals surface area contributed by atoms with Crippen molar-refractivity contribution >= 4 is 0 Å². The van der Waals surface area contributed by atoms with Crippen LogP contribution < -0.4 is 14.2 Å². The highest BCUT2D eigenvalue weighted by Gasteiger charge is 2.15. The number of phenols is 1. The number of nitrogens with one attached hydrogen (secondary N) is 1. The van der Waals surface area contributed by atoms with E-state index in [-0.39, 0.29) is 18.2 Å². The maximum atomic E-state index is 13.7. The number of halogens is 1. The third-order valence-electron chi connectivity index (χ3n) is 4.46. The molecule has 0 aliphatic rings. The molecule has 0 spiro atoms. The molecule has 2 N–H and O–H groups in total. The van der Waals surface area contributed by atoms with E-state index in [1.54, 1.807) is 49.6 Å². The molecular weight excluding hydrogens is 387 g/mol. The summed E-state index contributed by atoms with van der Waals surface area (Å²) in [5, 5.41) is 17.4. The Bertz CT molecular complexity index is 1160. The molecule has 3 aromatic carbocycles. The first-order valence-electron chi connectivity index (χ1n) is 9.19. The van der Waals surface area contributed by atoms with Crippen LogP contribution in [0.25, 0.3) is 11.3 Å². The van der Waals surface area contributed by atoms with Gasteiger partial charge in [0.25, 0.3) is 0 Å². The number of methoxy groups -OCH3 is 1. The van der Waals surface area contributed by atoms with Gasteiger partial charge < -0.3 is 19.3 Å². The SMILES string of the molecule is COc1cccc(Oc2cn[nH]c2-c2ccc(OCc3ccccc3F)cc2O)c1. The summed E-state index contributed by atoms with van der Waals surface area (Å²) in [5.74, 6) is 1.72. The number of nitrogens with zero attached hydrogens (tertiary/aromatic N) is 1. The number of rotatable bonds is 7.